The van der Waals surface area contributed by atoms with E-state index in [1.54, 1.807) is 6.07 Å². The fourth-order valence-corrected chi connectivity index (χ4v) is 3.98. The highest BCUT2D eigenvalue weighted by Gasteiger charge is 2.22. The fraction of sp³-hybridized carbons (Fsp3) is 0.478. The van der Waals surface area contributed by atoms with Crippen LogP contribution >= 0.6 is 0 Å². The van der Waals surface area contributed by atoms with Crippen molar-refractivity contribution in [2.45, 2.75) is 46.8 Å². The molecule has 6 nitrogen and oxygen atoms in total. The second-order valence-corrected chi connectivity index (χ2v) is 8.43. The lowest BCUT2D eigenvalue weighted by Crippen LogP contribution is -2.44. The molecule has 3 aromatic rings. The van der Waals surface area contributed by atoms with E-state index in [9.17, 15) is 4.39 Å². The molecular weight excluding hydrogens is 379 g/mol. The highest BCUT2D eigenvalue weighted by atomic mass is 19.1. The number of nitrogens with one attached hydrogen (secondary N) is 2. The zero-order chi connectivity index (χ0) is 21.3. The SMILES string of the molecule is Cc1cc2c(nc(N3CCNCC3)n2Cc2ccc(F)c(C)c2)c(CNC(C)C)n1. The molecule has 1 aromatic carbocycles. The van der Waals surface area contributed by atoms with Crippen LogP contribution in [0.25, 0.3) is 11.0 Å². The molecule has 1 fully saturated rings. The van der Waals surface area contributed by atoms with Gasteiger partial charge in [-0.15, -0.1) is 0 Å². The van der Waals surface area contributed by atoms with Crippen LogP contribution in [0.3, 0.4) is 0 Å². The lowest BCUT2D eigenvalue weighted by Gasteiger charge is -2.29. The molecule has 1 aliphatic rings. The minimum Gasteiger partial charge on any atom is -0.340 e. The maximum Gasteiger partial charge on any atom is 0.207 e. The van der Waals surface area contributed by atoms with Gasteiger partial charge in [0.25, 0.3) is 0 Å². The molecule has 3 heterocycles. The first-order chi connectivity index (χ1) is 14.4. The Morgan fingerprint density at radius 3 is 2.60 bits per heavy atom. The smallest absolute Gasteiger partial charge is 0.207 e. The third-order valence-corrected chi connectivity index (χ3v) is 5.56. The van der Waals surface area contributed by atoms with Gasteiger partial charge >= 0.3 is 0 Å². The Kier molecular flexibility index (Phi) is 6.01. The maximum atomic E-state index is 13.8. The van der Waals surface area contributed by atoms with E-state index < -0.39 is 0 Å². The third-order valence-electron chi connectivity index (χ3n) is 5.56. The van der Waals surface area contributed by atoms with Crippen LogP contribution in [0.2, 0.25) is 0 Å². The molecule has 0 amide bonds. The first-order valence-electron chi connectivity index (χ1n) is 10.7. The number of aromatic nitrogens is 3. The summed E-state index contributed by atoms with van der Waals surface area (Å²) < 4.78 is 16.1. The van der Waals surface area contributed by atoms with Gasteiger partial charge in [-0.05, 0) is 37.1 Å². The number of anilines is 1. The van der Waals surface area contributed by atoms with Crippen LogP contribution in [0.4, 0.5) is 10.3 Å². The molecule has 0 saturated carbocycles. The lowest BCUT2D eigenvalue weighted by atomic mass is 10.1. The van der Waals surface area contributed by atoms with Crippen molar-refractivity contribution in [3.05, 3.63) is 52.6 Å². The standard InChI is InChI=1S/C23H31FN6/c1-15(2)26-13-20-22-21(12-17(4)27-20)30(14-18-5-6-19(24)16(3)11-18)23(28-22)29-9-7-25-8-10-29/h5-6,11-12,15,25-26H,7-10,13-14H2,1-4H3. The average molecular weight is 411 g/mol. The third kappa shape index (κ3) is 4.32. The summed E-state index contributed by atoms with van der Waals surface area (Å²) in [7, 11) is 0. The van der Waals surface area contributed by atoms with Gasteiger partial charge in [0.05, 0.1) is 17.8 Å². The second kappa shape index (κ2) is 8.70. The number of fused-ring (bicyclic) bond motifs is 1. The van der Waals surface area contributed by atoms with Crippen LogP contribution in [-0.2, 0) is 13.1 Å². The summed E-state index contributed by atoms with van der Waals surface area (Å²) >= 11 is 0. The Bertz CT molecular complexity index is 1040. The van der Waals surface area contributed by atoms with Crippen molar-refractivity contribution >= 4 is 17.0 Å². The molecule has 30 heavy (non-hydrogen) atoms. The number of nitrogens with zero attached hydrogens (tertiary/aromatic N) is 4. The van der Waals surface area contributed by atoms with Gasteiger partial charge in [-0.3, -0.25) is 4.98 Å². The summed E-state index contributed by atoms with van der Waals surface area (Å²) in [6, 6.07) is 7.84. The maximum absolute atomic E-state index is 13.8. The van der Waals surface area contributed by atoms with Crippen molar-refractivity contribution in [2.24, 2.45) is 0 Å². The number of rotatable bonds is 6. The van der Waals surface area contributed by atoms with Crippen LogP contribution in [-0.4, -0.2) is 46.8 Å². The van der Waals surface area contributed by atoms with Crippen LogP contribution < -0.4 is 15.5 Å². The van der Waals surface area contributed by atoms with E-state index >= 15 is 0 Å². The molecule has 0 unspecified atom stereocenters. The number of halogens is 1. The number of aryl methyl sites for hydroxylation is 2. The highest BCUT2D eigenvalue weighted by molar-refractivity contribution is 5.81. The van der Waals surface area contributed by atoms with Crippen LogP contribution in [0.1, 0.15) is 36.4 Å². The molecule has 1 saturated heterocycles. The molecule has 4 rings (SSSR count). The summed E-state index contributed by atoms with van der Waals surface area (Å²) in [4.78, 5) is 12.2. The molecule has 0 aliphatic carbocycles. The minimum absolute atomic E-state index is 0.168. The zero-order valence-electron chi connectivity index (χ0n) is 18.3. The highest BCUT2D eigenvalue weighted by Crippen LogP contribution is 2.27. The molecule has 2 N–H and O–H groups in total. The van der Waals surface area contributed by atoms with E-state index in [4.69, 9.17) is 9.97 Å². The number of benzene rings is 1. The van der Waals surface area contributed by atoms with Crippen LogP contribution in [0.15, 0.2) is 24.3 Å². The zero-order valence-corrected chi connectivity index (χ0v) is 18.3. The molecule has 0 radical (unpaired) electrons. The van der Waals surface area contributed by atoms with Crippen molar-refractivity contribution in [1.29, 1.82) is 0 Å². The van der Waals surface area contributed by atoms with Crippen LogP contribution in [0, 0.1) is 19.7 Å². The van der Waals surface area contributed by atoms with Crippen molar-refractivity contribution in [2.75, 3.05) is 31.1 Å². The van der Waals surface area contributed by atoms with E-state index in [-0.39, 0.29) is 5.82 Å². The quantitative estimate of drug-likeness (QED) is 0.654. The van der Waals surface area contributed by atoms with E-state index in [1.807, 2.05) is 26.0 Å². The topological polar surface area (TPSA) is 58.0 Å². The van der Waals surface area contributed by atoms with E-state index in [0.717, 1.165) is 60.1 Å². The lowest BCUT2D eigenvalue weighted by molar-refractivity contribution is 0.571. The largest absolute Gasteiger partial charge is 0.340 e. The normalized spacial score (nSPS) is 14.8. The van der Waals surface area contributed by atoms with Crippen molar-refractivity contribution < 1.29 is 4.39 Å². The molecule has 0 spiro atoms. The van der Waals surface area contributed by atoms with Gasteiger partial charge in [-0.2, -0.15) is 0 Å². The molecule has 7 heteroatoms. The first kappa shape index (κ1) is 20.8. The Morgan fingerprint density at radius 2 is 1.90 bits per heavy atom. The fourth-order valence-electron chi connectivity index (χ4n) is 3.98. The van der Waals surface area contributed by atoms with Crippen molar-refractivity contribution in [3.63, 3.8) is 0 Å². The summed E-state index contributed by atoms with van der Waals surface area (Å²) in [5.41, 5.74) is 5.72. The monoisotopic (exact) mass is 410 g/mol. The number of imidazole rings is 1. The van der Waals surface area contributed by atoms with Gasteiger partial charge in [0.2, 0.25) is 5.95 Å². The summed E-state index contributed by atoms with van der Waals surface area (Å²) in [5.74, 6) is 0.797. The van der Waals surface area contributed by atoms with E-state index in [2.05, 4.69) is 40.0 Å². The van der Waals surface area contributed by atoms with Crippen LogP contribution in [0.5, 0.6) is 0 Å². The number of hydrogen-bond acceptors (Lipinski definition) is 5. The number of piperazine rings is 1. The Morgan fingerprint density at radius 1 is 1.13 bits per heavy atom. The van der Waals surface area contributed by atoms with E-state index in [0.29, 0.717) is 24.7 Å². The van der Waals surface area contributed by atoms with Crippen molar-refractivity contribution in [1.82, 2.24) is 25.2 Å². The summed E-state index contributed by atoms with van der Waals surface area (Å²) in [5, 5.41) is 6.89. The van der Waals surface area contributed by atoms with Gasteiger partial charge in [0.1, 0.15) is 11.3 Å². The molecule has 0 bridgehead atoms. The van der Waals surface area contributed by atoms with Gasteiger partial charge < -0.3 is 20.1 Å². The Hall–Kier alpha value is -2.51. The minimum atomic E-state index is -0.168. The molecule has 1 aliphatic heterocycles. The average Bonchev–Trinajstić information content (AvgIpc) is 3.08. The first-order valence-corrected chi connectivity index (χ1v) is 10.7. The van der Waals surface area contributed by atoms with Gasteiger partial charge in [0.15, 0.2) is 0 Å². The molecule has 2 aromatic heterocycles. The van der Waals surface area contributed by atoms with Crippen molar-refractivity contribution in [3.8, 4) is 0 Å². The predicted molar refractivity (Wildman–Crippen MR) is 120 cm³/mol. The van der Waals surface area contributed by atoms with E-state index in [1.165, 1.54) is 0 Å². The predicted octanol–water partition coefficient (Wildman–Crippen LogP) is 3.14. The summed E-state index contributed by atoms with van der Waals surface area (Å²) in [6.45, 7) is 13.2. The number of hydrogen-bond donors (Lipinski definition) is 2. The molecule has 0 atom stereocenters. The second-order valence-electron chi connectivity index (χ2n) is 8.43. The van der Waals surface area contributed by atoms with Gasteiger partial charge in [-0.1, -0.05) is 26.0 Å². The number of pyridine rings is 1. The molecular formula is C23H31FN6. The van der Waals surface area contributed by atoms with Gasteiger partial charge in [-0.25, -0.2) is 9.37 Å². The Labute approximate surface area is 177 Å². The Balaban J connectivity index is 1.82. The molecule has 160 valence electrons. The van der Waals surface area contributed by atoms with Gasteiger partial charge in [0, 0.05) is 44.5 Å². The summed E-state index contributed by atoms with van der Waals surface area (Å²) in [6.07, 6.45) is 0.